The van der Waals surface area contributed by atoms with Gasteiger partial charge in [-0.25, -0.2) is 13.4 Å². The Kier molecular flexibility index (Phi) is 7.48. The van der Waals surface area contributed by atoms with Crippen molar-refractivity contribution in [2.45, 2.75) is 31.1 Å². The number of nitrogens with one attached hydrogen (secondary N) is 1. The number of benzene rings is 2. The largest absolute Gasteiger partial charge is 0.493 e. The van der Waals surface area contributed by atoms with E-state index in [1.165, 1.54) is 24.3 Å². The minimum absolute atomic E-state index is 0.0207. The van der Waals surface area contributed by atoms with Crippen LogP contribution in [-0.4, -0.2) is 58.4 Å². The molecule has 12 nitrogen and oxygen atoms in total. The number of carbonyl (C=O) groups is 1. The number of fused-ring (bicyclic) bond motifs is 1. The van der Waals surface area contributed by atoms with Crippen LogP contribution >= 0.6 is 11.6 Å². The molecule has 3 aromatic rings. The fourth-order valence-electron chi connectivity index (χ4n) is 4.12. The highest BCUT2D eigenvalue weighted by molar-refractivity contribution is 7.89. The number of carboxylic acid groups (broad SMARTS) is 1. The molecular formula is C23H23ClN4O8S. The van der Waals surface area contributed by atoms with Crippen molar-refractivity contribution in [2.75, 3.05) is 19.7 Å². The van der Waals surface area contributed by atoms with Gasteiger partial charge in [0.1, 0.15) is 16.6 Å². The Morgan fingerprint density at radius 3 is 2.78 bits per heavy atom. The van der Waals surface area contributed by atoms with Crippen molar-refractivity contribution in [1.82, 2.24) is 14.3 Å². The number of aliphatic carboxylic acids is 1. The van der Waals surface area contributed by atoms with Crippen LogP contribution in [0.4, 0.5) is 5.69 Å². The molecule has 0 radical (unpaired) electrons. The number of nitro groups is 1. The van der Waals surface area contributed by atoms with Gasteiger partial charge in [0.25, 0.3) is 11.2 Å². The number of halogens is 1. The van der Waals surface area contributed by atoms with Gasteiger partial charge in [0.05, 0.1) is 38.8 Å². The number of carboxylic acids is 1. The highest BCUT2D eigenvalue weighted by Gasteiger charge is 2.34. The molecular weight excluding hydrogens is 528 g/mol. The fraction of sp³-hybridized carbons (Fsp3) is 0.348. The first-order chi connectivity index (χ1) is 17.5. The van der Waals surface area contributed by atoms with E-state index in [-0.39, 0.29) is 51.0 Å². The highest BCUT2D eigenvalue weighted by atomic mass is 35.5. The van der Waals surface area contributed by atoms with Crippen molar-refractivity contribution in [3.8, 4) is 17.1 Å². The van der Waals surface area contributed by atoms with E-state index < -0.39 is 38.1 Å². The van der Waals surface area contributed by atoms with Gasteiger partial charge in [-0.05, 0) is 43.5 Å². The second-order valence-electron chi connectivity index (χ2n) is 8.54. The van der Waals surface area contributed by atoms with Crippen molar-refractivity contribution in [3.05, 3.63) is 55.8 Å². The Morgan fingerprint density at radius 2 is 2.11 bits per heavy atom. The molecule has 0 aliphatic carbocycles. The molecule has 14 heteroatoms. The zero-order chi connectivity index (χ0) is 26.9. The van der Waals surface area contributed by atoms with Crippen molar-refractivity contribution in [1.29, 1.82) is 0 Å². The summed E-state index contributed by atoms with van der Waals surface area (Å²) in [5.41, 5.74) is -0.885. The average Bonchev–Trinajstić information content (AvgIpc) is 2.86. The van der Waals surface area contributed by atoms with Gasteiger partial charge in [-0.2, -0.15) is 4.31 Å². The summed E-state index contributed by atoms with van der Waals surface area (Å²) in [6.45, 7) is 2.22. The topological polar surface area (TPSA) is 173 Å². The minimum Gasteiger partial charge on any atom is -0.493 e. The summed E-state index contributed by atoms with van der Waals surface area (Å²) in [7, 11) is -4.07. The number of rotatable bonds is 8. The zero-order valence-corrected chi connectivity index (χ0v) is 21.2. The van der Waals surface area contributed by atoms with Crippen LogP contribution in [0.3, 0.4) is 0 Å². The number of sulfonamides is 1. The third-order valence-electron chi connectivity index (χ3n) is 6.01. The van der Waals surface area contributed by atoms with Crippen LogP contribution in [0, 0.1) is 16.0 Å². The number of nitrogens with zero attached hydrogens (tertiary/aromatic N) is 3. The summed E-state index contributed by atoms with van der Waals surface area (Å²) >= 11 is 6.01. The van der Waals surface area contributed by atoms with Gasteiger partial charge in [-0.15, -0.1) is 0 Å². The summed E-state index contributed by atoms with van der Waals surface area (Å²) in [6, 6.07) is 6.33. The van der Waals surface area contributed by atoms with Crippen molar-refractivity contribution in [2.24, 2.45) is 5.92 Å². The second-order valence-corrected chi connectivity index (χ2v) is 10.9. The first-order valence-corrected chi connectivity index (χ1v) is 13.2. The van der Waals surface area contributed by atoms with Gasteiger partial charge < -0.3 is 14.8 Å². The predicted molar refractivity (Wildman–Crippen MR) is 134 cm³/mol. The molecule has 1 unspecified atom stereocenters. The monoisotopic (exact) mass is 550 g/mol. The van der Waals surface area contributed by atoms with Crippen LogP contribution in [0.15, 0.2) is 40.0 Å². The first kappa shape index (κ1) is 26.5. The molecule has 4 rings (SSSR count). The fourth-order valence-corrected chi connectivity index (χ4v) is 5.90. The Morgan fingerprint density at radius 1 is 1.35 bits per heavy atom. The van der Waals surface area contributed by atoms with Crippen molar-refractivity contribution >= 4 is 44.2 Å². The molecule has 2 N–H and O–H groups in total. The summed E-state index contributed by atoms with van der Waals surface area (Å²) in [6.07, 6.45) is 1.46. The first-order valence-electron chi connectivity index (χ1n) is 11.4. The Bertz CT molecular complexity index is 1560. The highest BCUT2D eigenvalue weighted by Crippen LogP contribution is 2.34. The minimum atomic E-state index is -4.07. The van der Waals surface area contributed by atoms with Crippen LogP contribution in [0.25, 0.3) is 22.3 Å². The van der Waals surface area contributed by atoms with Crippen molar-refractivity contribution < 1.29 is 28.0 Å². The molecule has 0 amide bonds. The maximum atomic E-state index is 13.4. The molecule has 0 bridgehead atoms. The molecule has 2 aromatic carbocycles. The van der Waals surface area contributed by atoms with Gasteiger partial charge >= 0.3 is 5.97 Å². The lowest BCUT2D eigenvalue weighted by atomic mass is 10.0. The third kappa shape index (κ3) is 5.29. The van der Waals surface area contributed by atoms with Gasteiger partial charge in [-0.3, -0.25) is 19.7 Å². The van der Waals surface area contributed by atoms with Crippen LogP contribution in [0.2, 0.25) is 5.02 Å². The molecule has 1 aliphatic rings. The van der Waals surface area contributed by atoms with Crippen molar-refractivity contribution in [3.63, 3.8) is 0 Å². The van der Waals surface area contributed by atoms with Crippen LogP contribution in [-0.2, 0) is 14.8 Å². The summed E-state index contributed by atoms with van der Waals surface area (Å²) < 4.78 is 33.7. The zero-order valence-electron chi connectivity index (χ0n) is 19.6. The molecule has 0 saturated carbocycles. The molecule has 1 fully saturated rings. The number of H-pyrrole nitrogens is 1. The number of aromatic amines is 1. The van der Waals surface area contributed by atoms with E-state index in [1.54, 1.807) is 0 Å². The molecule has 1 aromatic heterocycles. The molecule has 1 aliphatic heterocycles. The Hall–Kier alpha value is -3.55. The van der Waals surface area contributed by atoms with Gasteiger partial charge in [0.15, 0.2) is 0 Å². The van der Waals surface area contributed by atoms with E-state index in [4.69, 9.17) is 16.3 Å². The number of piperidine rings is 1. The lowest BCUT2D eigenvalue weighted by Gasteiger charge is -2.30. The van der Waals surface area contributed by atoms with Gasteiger partial charge in [-0.1, -0.05) is 18.5 Å². The third-order valence-corrected chi connectivity index (χ3v) is 8.17. The van der Waals surface area contributed by atoms with Crippen LogP contribution < -0.4 is 10.3 Å². The average molecular weight is 551 g/mol. The van der Waals surface area contributed by atoms with E-state index in [0.29, 0.717) is 25.9 Å². The van der Waals surface area contributed by atoms with Crippen LogP contribution in [0.1, 0.15) is 26.2 Å². The molecule has 196 valence electrons. The van der Waals surface area contributed by atoms with E-state index in [2.05, 4.69) is 9.97 Å². The van der Waals surface area contributed by atoms with E-state index >= 15 is 0 Å². The predicted octanol–water partition coefficient (Wildman–Crippen LogP) is 3.43. The number of hydrogen-bond acceptors (Lipinski definition) is 8. The smallest absolute Gasteiger partial charge is 0.307 e. The number of nitro benzene ring substituents is 1. The van der Waals surface area contributed by atoms with Gasteiger partial charge in [0, 0.05) is 19.2 Å². The quantitative estimate of drug-likeness (QED) is 0.314. The van der Waals surface area contributed by atoms with E-state index in [9.17, 15) is 33.2 Å². The lowest BCUT2D eigenvalue weighted by Crippen LogP contribution is -2.42. The lowest BCUT2D eigenvalue weighted by molar-refractivity contribution is -0.384. The molecule has 1 saturated heterocycles. The number of aromatic nitrogens is 2. The maximum absolute atomic E-state index is 13.4. The summed E-state index contributed by atoms with van der Waals surface area (Å²) in [4.78, 5) is 41.6. The van der Waals surface area contributed by atoms with Gasteiger partial charge in [0.2, 0.25) is 10.0 Å². The maximum Gasteiger partial charge on any atom is 0.307 e. The number of hydrogen-bond donors (Lipinski definition) is 2. The molecule has 0 spiro atoms. The second kappa shape index (κ2) is 10.4. The number of ether oxygens (including phenoxy) is 1. The summed E-state index contributed by atoms with van der Waals surface area (Å²) in [5, 5.41) is 20.3. The summed E-state index contributed by atoms with van der Waals surface area (Å²) in [5.74, 6) is -1.62. The Balaban J connectivity index is 1.84. The molecule has 1 atom stereocenters. The normalized spacial score (nSPS) is 16.5. The van der Waals surface area contributed by atoms with E-state index in [1.807, 2.05) is 6.92 Å². The molecule has 2 heterocycles. The van der Waals surface area contributed by atoms with E-state index in [0.717, 1.165) is 10.4 Å². The SMILES string of the molecule is CCCOc1ccc(S(=O)(=O)N2CCCC(C(=O)O)C2)cc1-c1nc2cc(Cl)c([N+](=O)[O-])cc2c(=O)[nH]1. The molecule has 37 heavy (non-hydrogen) atoms. The Labute approximate surface area is 216 Å². The standard InChI is InChI=1S/C23H23ClN4O8S/c1-2-8-36-20-6-5-14(37(34,35)27-7-3-4-13(12-27)23(30)31)9-16(20)21-25-18-11-17(24)19(28(32)33)10-15(18)22(29)26-21/h5-6,9-11,13H,2-4,7-8,12H2,1H3,(H,30,31)(H,25,26,29). The van der Waals surface area contributed by atoms with Crippen LogP contribution in [0.5, 0.6) is 5.75 Å².